The van der Waals surface area contributed by atoms with E-state index in [1.165, 1.54) is 23.5 Å². The van der Waals surface area contributed by atoms with Gasteiger partial charge in [-0.2, -0.15) is 5.26 Å². The number of aromatic nitrogens is 1. The van der Waals surface area contributed by atoms with Crippen LogP contribution in [0.4, 0.5) is 15.2 Å². The zero-order valence-electron chi connectivity index (χ0n) is 10.6. The molecule has 0 saturated heterocycles. The molecular formula is C15H10FN3S. The van der Waals surface area contributed by atoms with E-state index in [1.54, 1.807) is 18.2 Å². The predicted octanol–water partition coefficient (Wildman–Crippen LogP) is 4.36. The number of aryl methyl sites for hydroxylation is 1. The van der Waals surface area contributed by atoms with Crippen LogP contribution in [-0.2, 0) is 0 Å². The normalized spacial score (nSPS) is 10.4. The standard InChI is InChI=1S/C15H10FN3S/c1-9-2-3-10(8-17)6-12(9)18-15-19-13-7-11(16)4-5-14(13)20-15/h2-7H,1H3,(H,18,19). The first-order valence-electron chi connectivity index (χ1n) is 5.99. The minimum absolute atomic E-state index is 0.294. The largest absolute Gasteiger partial charge is 0.331 e. The summed E-state index contributed by atoms with van der Waals surface area (Å²) < 4.78 is 14.1. The van der Waals surface area contributed by atoms with Crippen LogP contribution in [0.25, 0.3) is 10.2 Å². The van der Waals surface area contributed by atoms with Crippen molar-refractivity contribution in [3.63, 3.8) is 0 Å². The monoisotopic (exact) mass is 283 g/mol. The molecule has 0 aliphatic carbocycles. The van der Waals surface area contributed by atoms with Crippen molar-refractivity contribution >= 4 is 32.4 Å². The van der Waals surface area contributed by atoms with Gasteiger partial charge < -0.3 is 5.32 Å². The van der Waals surface area contributed by atoms with Crippen molar-refractivity contribution in [3.05, 3.63) is 53.3 Å². The lowest BCUT2D eigenvalue weighted by atomic mass is 10.1. The number of nitrogens with zero attached hydrogens (tertiary/aromatic N) is 2. The van der Waals surface area contributed by atoms with Gasteiger partial charge in [0.05, 0.1) is 21.8 Å². The highest BCUT2D eigenvalue weighted by Crippen LogP contribution is 2.30. The molecule has 0 fully saturated rings. The van der Waals surface area contributed by atoms with E-state index >= 15 is 0 Å². The highest BCUT2D eigenvalue weighted by Gasteiger charge is 2.07. The van der Waals surface area contributed by atoms with E-state index in [0.717, 1.165) is 16.0 Å². The topological polar surface area (TPSA) is 48.7 Å². The van der Waals surface area contributed by atoms with E-state index in [9.17, 15) is 4.39 Å². The van der Waals surface area contributed by atoms with Crippen molar-refractivity contribution in [2.24, 2.45) is 0 Å². The summed E-state index contributed by atoms with van der Waals surface area (Å²) in [4.78, 5) is 4.35. The maximum atomic E-state index is 13.1. The second-order valence-electron chi connectivity index (χ2n) is 4.40. The molecule has 3 aromatic rings. The van der Waals surface area contributed by atoms with Gasteiger partial charge in [-0.3, -0.25) is 0 Å². The summed E-state index contributed by atoms with van der Waals surface area (Å²) >= 11 is 1.45. The minimum Gasteiger partial charge on any atom is -0.331 e. The quantitative estimate of drug-likeness (QED) is 0.760. The van der Waals surface area contributed by atoms with Crippen LogP contribution in [0.3, 0.4) is 0 Å². The number of hydrogen-bond acceptors (Lipinski definition) is 4. The molecule has 5 heteroatoms. The summed E-state index contributed by atoms with van der Waals surface area (Å²) in [5, 5.41) is 12.8. The Morgan fingerprint density at radius 2 is 2.10 bits per heavy atom. The summed E-state index contributed by atoms with van der Waals surface area (Å²) in [6.45, 7) is 1.95. The summed E-state index contributed by atoms with van der Waals surface area (Å²) in [7, 11) is 0. The lowest BCUT2D eigenvalue weighted by Crippen LogP contribution is -1.93. The molecule has 0 aliphatic heterocycles. The Labute approximate surface area is 119 Å². The van der Waals surface area contributed by atoms with E-state index < -0.39 is 0 Å². The number of halogens is 1. The SMILES string of the molecule is Cc1ccc(C#N)cc1Nc1nc2cc(F)ccc2s1. The van der Waals surface area contributed by atoms with E-state index in [4.69, 9.17) is 5.26 Å². The smallest absolute Gasteiger partial charge is 0.188 e. The van der Waals surface area contributed by atoms with E-state index in [-0.39, 0.29) is 5.82 Å². The molecule has 98 valence electrons. The van der Waals surface area contributed by atoms with Gasteiger partial charge in [-0.05, 0) is 36.8 Å². The Balaban J connectivity index is 1.99. The Kier molecular flexibility index (Phi) is 3.09. The van der Waals surface area contributed by atoms with E-state index in [2.05, 4.69) is 16.4 Å². The van der Waals surface area contributed by atoms with Crippen molar-refractivity contribution in [1.29, 1.82) is 5.26 Å². The van der Waals surface area contributed by atoms with Crippen molar-refractivity contribution in [2.45, 2.75) is 6.92 Å². The molecule has 0 saturated carbocycles. The fraction of sp³-hybridized carbons (Fsp3) is 0.0667. The van der Waals surface area contributed by atoms with E-state index in [0.29, 0.717) is 16.2 Å². The minimum atomic E-state index is -0.294. The van der Waals surface area contributed by atoms with Crippen molar-refractivity contribution < 1.29 is 4.39 Å². The highest BCUT2D eigenvalue weighted by molar-refractivity contribution is 7.22. The van der Waals surface area contributed by atoms with Crippen molar-refractivity contribution in [3.8, 4) is 6.07 Å². The van der Waals surface area contributed by atoms with Crippen LogP contribution < -0.4 is 5.32 Å². The number of nitrogens with one attached hydrogen (secondary N) is 1. The van der Waals surface area contributed by atoms with E-state index in [1.807, 2.05) is 13.0 Å². The molecule has 0 amide bonds. The molecule has 3 rings (SSSR count). The number of anilines is 2. The maximum Gasteiger partial charge on any atom is 0.188 e. The summed E-state index contributed by atoms with van der Waals surface area (Å²) in [5.74, 6) is -0.294. The summed E-state index contributed by atoms with van der Waals surface area (Å²) in [6, 6.07) is 12.1. The Hall–Kier alpha value is -2.45. The lowest BCUT2D eigenvalue weighted by Gasteiger charge is -2.06. The van der Waals surface area contributed by atoms with Crippen LogP contribution in [0.1, 0.15) is 11.1 Å². The third kappa shape index (κ3) is 2.33. The molecule has 2 aromatic carbocycles. The maximum absolute atomic E-state index is 13.1. The molecule has 0 spiro atoms. The molecule has 20 heavy (non-hydrogen) atoms. The average molecular weight is 283 g/mol. The van der Waals surface area contributed by atoms with Crippen LogP contribution in [0.2, 0.25) is 0 Å². The van der Waals surface area contributed by atoms with Gasteiger partial charge in [-0.15, -0.1) is 0 Å². The fourth-order valence-electron chi connectivity index (χ4n) is 1.90. The number of thiazole rings is 1. The summed E-state index contributed by atoms with van der Waals surface area (Å²) in [5.41, 5.74) is 3.08. The number of rotatable bonds is 2. The van der Waals surface area contributed by atoms with Crippen LogP contribution >= 0.6 is 11.3 Å². The molecule has 0 aliphatic rings. The van der Waals surface area contributed by atoms with Gasteiger partial charge in [0, 0.05) is 11.8 Å². The van der Waals surface area contributed by atoms with Gasteiger partial charge in [-0.1, -0.05) is 17.4 Å². The molecule has 0 unspecified atom stereocenters. The van der Waals surface area contributed by atoms with Gasteiger partial charge in [-0.25, -0.2) is 9.37 Å². The molecule has 0 radical (unpaired) electrons. The van der Waals surface area contributed by atoms with Crippen molar-refractivity contribution in [1.82, 2.24) is 4.98 Å². The number of nitriles is 1. The van der Waals surface area contributed by atoms with Gasteiger partial charge in [0.2, 0.25) is 0 Å². The lowest BCUT2D eigenvalue weighted by molar-refractivity contribution is 0.629. The van der Waals surface area contributed by atoms with Gasteiger partial charge >= 0.3 is 0 Å². The number of benzene rings is 2. The Morgan fingerprint density at radius 1 is 1.25 bits per heavy atom. The zero-order chi connectivity index (χ0) is 14.1. The fourth-order valence-corrected chi connectivity index (χ4v) is 2.75. The van der Waals surface area contributed by atoms with Gasteiger partial charge in [0.1, 0.15) is 5.82 Å². The third-order valence-electron chi connectivity index (χ3n) is 2.96. The molecular weight excluding hydrogens is 273 g/mol. The second-order valence-corrected chi connectivity index (χ2v) is 5.43. The average Bonchev–Trinajstić information content (AvgIpc) is 2.82. The third-order valence-corrected chi connectivity index (χ3v) is 3.91. The van der Waals surface area contributed by atoms with Crippen molar-refractivity contribution in [2.75, 3.05) is 5.32 Å². The Morgan fingerprint density at radius 3 is 2.90 bits per heavy atom. The molecule has 1 N–H and O–H groups in total. The van der Waals surface area contributed by atoms with Crippen LogP contribution in [-0.4, -0.2) is 4.98 Å². The zero-order valence-corrected chi connectivity index (χ0v) is 11.5. The van der Waals surface area contributed by atoms with Crippen LogP contribution in [0, 0.1) is 24.1 Å². The van der Waals surface area contributed by atoms with Gasteiger partial charge in [0.15, 0.2) is 5.13 Å². The second kappa shape index (κ2) is 4.91. The van der Waals surface area contributed by atoms with Crippen LogP contribution in [0.15, 0.2) is 36.4 Å². The predicted molar refractivity (Wildman–Crippen MR) is 78.8 cm³/mol. The first-order valence-corrected chi connectivity index (χ1v) is 6.81. The molecule has 1 aromatic heterocycles. The number of hydrogen-bond donors (Lipinski definition) is 1. The molecule has 0 atom stereocenters. The first-order chi connectivity index (χ1) is 9.65. The molecule has 3 nitrogen and oxygen atoms in total. The molecule has 1 heterocycles. The highest BCUT2D eigenvalue weighted by atomic mass is 32.1. The first kappa shape index (κ1) is 12.6. The van der Waals surface area contributed by atoms with Gasteiger partial charge in [0.25, 0.3) is 0 Å². The molecule has 0 bridgehead atoms. The van der Waals surface area contributed by atoms with Crippen LogP contribution in [0.5, 0.6) is 0 Å². The Bertz CT molecular complexity index is 833. The summed E-state index contributed by atoms with van der Waals surface area (Å²) in [6.07, 6.45) is 0. The number of fused-ring (bicyclic) bond motifs is 1.